The van der Waals surface area contributed by atoms with Crippen LogP contribution in [0, 0.1) is 5.92 Å². The van der Waals surface area contributed by atoms with Crippen LogP contribution in [0.25, 0.3) is 0 Å². The van der Waals surface area contributed by atoms with Gasteiger partial charge in [-0.25, -0.2) is 4.79 Å². The van der Waals surface area contributed by atoms with Crippen LogP contribution in [0.1, 0.15) is 57.9 Å². The summed E-state index contributed by atoms with van der Waals surface area (Å²) in [6.45, 7) is 1.27. The van der Waals surface area contributed by atoms with E-state index in [1.165, 1.54) is 24.3 Å². The molecule has 0 fully saturated rings. The Balaban J connectivity index is 2.99. The van der Waals surface area contributed by atoms with Crippen molar-refractivity contribution in [3.05, 3.63) is 29.8 Å². The lowest BCUT2D eigenvalue weighted by molar-refractivity contribution is -0.142. The van der Waals surface area contributed by atoms with Crippen molar-refractivity contribution < 1.29 is 58.8 Å². The average molecular weight is 782 g/mol. The Kier molecular flexibility index (Phi) is 21.5. The van der Waals surface area contributed by atoms with Gasteiger partial charge in [-0.15, -0.1) is 0 Å². The molecule has 1 aromatic carbocycles. The third-order valence-corrected chi connectivity index (χ3v) is 8.48. The summed E-state index contributed by atoms with van der Waals surface area (Å²) in [6.07, 6.45) is 0.988. The zero-order valence-corrected chi connectivity index (χ0v) is 30.9. The van der Waals surface area contributed by atoms with E-state index >= 15 is 0 Å². The van der Waals surface area contributed by atoms with E-state index in [0.717, 1.165) is 0 Å². The predicted molar refractivity (Wildman–Crippen MR) is 195 cm³/mol. The number of benzene rings is 1. The molecule has 7 amide bonds. The number of primary amides is 1. The second-order valence-corrected chi connectivity index (χ2v) is 12.9. The van der Waals surface area contributed by atoms with Crippen molar-refractivity contribution in [2.75, 3.05) is 26.3 Å². The molecule has 308 valence electrons. The van der Waals surface area contributed by atoms with Crippen molar-refractivity contribution >= 4 is 47.3 Å². The number of nitrogens with two attached hydrogens (primary N) is 3. The SMILES string of the molecule is CC[C@H](C)[C@H](NC(=O)CNC(=O)[C@@H](N)CCCCN)C(=O)N[C@@H](CO)C(=O)N[C@@H](CO)C(=O)N[C@@H](CCC(N)=O)C(=O)N[C@@H](Cc1ccc(O)cc1)C(=O)O. The van der Waals surface area contributed by atoms with E-state index in [1.54, 1.807) is 13.8 Å². The number of unbranched alkanes of at least 4 members (excludes halogenated alkanes) is 1. The number of aliphatic hydroxyl groups excluding tert-OH is 2. The number of carbonyl (C=O) groups excluding carboxylic acids is 7. The van der Waals surface area contributed by atoms with Crippen molar-refractivity contribution in [1.82, 2.24) is 31.9 Å². The lowest BCUT2D eigenvalue weighted by Gasteiger charge is -2.27. The summed E-state index contributed by atoms with van der Waals surface area (Å²) < 4.78 is 0. The van der Waals surface area contributed by atoms with Gasteiger partial charge in [0.2, 0.25) is 41.4 Å². The lowest BCUT2D eigenvalue weighted by Crippen LogP contribution is -2.61. The molecule has 0 aliphatic carbocycles. The minimum atomic E-state index is -1.77. The monoisotopic (exact) mass is 781 g/mol. The number of aliphatic hydroxyl groups is 2. The zero-order valence-electron chi connectivity index (χ0n) is 30.9. The first-order valence-corrected chi connectivity index (χ1v) is 17.7. The van der Waals surface area contributed by atoms with Gasteiger partial charge in [-0.05, 0) is 49.4 Å². The molecule has 55 heavy (non-hydrogen) atoms. The van der Waals surface area contributed by atoms with E-state index < -0.39 is 122 Å². The van der Waals surface area contributed by atoms with Crippen molar-refractivity contribution in [3.8, 4) is 5.75 Å². The predicted octanol–water partition coefficient (Wildman–Crippen LogP) is -4.69. The number of carboxylic acid groups (broad SMARTS) is 1. The maximum atomic E-state index is 13.3. The van der Waals surface area contributed by atoms with Gasteiger partial charge in [-0.1, -0.05) is 38.8 Å². The number of phenols is 1. The Labute approximate surface area is 317 Å². The molecule has 0 heterocycles. The van der Waals surface area contributed by atoms with Crippen LogP contribution in [0.2, 0.25) is 0 Å². The molecule has 16 N–H and O–H groups in total. The summed E-state index contributed by atoms with van der Waals surface area (Å²) >= 11 is 0. The summed E-state index contributed by atoms with van der Waals surface area (Å²) in [5.74, 6) is -8.40. The molecule has 1 aromatic rings. The fraction of sp³-hybridized carbons (Fsp3) is 0.588. The Bertz CT molecular complexity index is 1460. The molecule has 0 unspecified atom stereocenters. The molecule has 21 heteroatoms. The van der Waals surface area contributed by atoms with Gasteiger partial charge in [0.25, 0.3) is 0 Å². The van der Waals surface area contributed by atoms with Gasteiger partial charge in [-0.2, -0.15) is 0 Å². The third kappa shape index (κ3) is 17.5. The second-order valence-electron chi connectivity index (χ2n) is 12.9. The maximum Gasteiger partial charge on any atom is 0.326 e. The maximum absolute atomic E-state index is 13.3. The number of phenolic OH excluding ortho intramolecular Hbond substituents is 1. The van der Waals surface area contributed by atoms with Crippen LogP contribution in [0.15, 0.2) is 24.3 Å². The highest BCUT2D eigenvalue weighted by atomic mass is 16.4. The molecule has 0 saturated heterocycles. The molecule has 0 spiro atoms. The Morgan fingerprint density at radius 2 is 1.25 bits per heavy atom. The highest BCUT2D eigenvalue weighted by Gasteiger charge is 2.33. The van der Waals surface area contributed by atoms with Gasteiger partial charge >= 0.3 is 5.97 Å². The lowest BCUT2D eigenvalue weighted by atomic mass is 9.98. The number of aliphatic carboxylic acids is 1. The molecular weight excluding hydrogens is 726 g/mol. The van der Waals surface area contributed by atoms with E-state index in [2.05, 4.69) is 31.9 Å². The van der Waals surface area contributed by atoms with Crippen LogP contribution in [0.5, 0.6) is 5.75 Å². The number of carboxylic acids is 1. The van der Waals surface area contributed by atoms with Gasteiger partial charge in [0.1, 0.15) is 36.0 Å². The smallest absolute Gasteiger partial charge is 0.326 e. The van der Waals surface area contributed by atoms with Crippen LogP contribution in [-0.2, 0) is 44.8 Å². The highest BCUT2D eigenvalue weighted by Crippen LogP contribution is 2.12. The minimum Gasteiger partial charge on any atom is -0.508 e. The van der Waals surface area contributed by atoms with E-state index in [9.17, 15) is 58.8 Å². The Morgan fingerprint density at radius 3 is 1.76 bits per heavy atom. The molecular formula is C34H55N9O12. The molecule has 0 radical (unpaired) electrons. The number of aromatic hydroxyl groups is 1. The molecule has 0 saturated carbocycles. The number of hydrogen-bond donors (Lipinski definition) is 13. The number of nitrogens with one attached hydrogen (secondary N) is 6. The normalized spacial score (nSPS) is 14.7. The van der Waals surface area contributed by atoms with Crippen molar-refractivity contribution in [2.45, 2.75) is 95.0 Å². The van der Waals surface area contributed by atoms with Crippen LogP contribution < -0.4 is 49.1 Å². The van der Waals surface area contributed by atoms with E-state index in [0.29, 0.717) is 37.8 Å². The quantitative estimate of drug-likeness (QED) is 0.0393. The fourth-order valence-corrected chi connectivity index (χ4v) is 4.95. The van der Waals surface area contributed by atoms with Crippen LogP contribution in [0.3, 0.4) is 0 Å². The molecule has 21 nitrogen and oxygen atoms in total. The molecule has 7 atom stereocenters. The van der Waals surface area contributed by atoms with Crippen molar-refractivity contribution in [1.29, 1.82) is 0 Å². The summed E-state index contributed by atoms with van der Waals surface area (Å²) in [5, 5.41) is 52.9. The number of rotatable bonds is 26. The van der Waals surface area contributed by atoms with Gasteiger partial charge in [0.15, 0.2) is 0 Å². The average Bonchev–Trinajstić information content (AvgIpc) is 3.15. The Morgan fingerprint density at radius 1 is 0.727 bits per heavy atom. The number of carbonyl (C=O) groups is 8. The van der Waals surface area contributed by atoms with Gasteiger partial charge in [0.05, 0.1) is 25.8 Å². The van der Waals surface area contributed by atoms with Gasteiger partial charge < -0.3 is 69.5 Å². The third-order valence-electron chi connectivity index (χ3n) is 8.48. The summed E-state index contributed by atoms with van der Waals surface area (Å²) in [6, 6.07) is -3.15. The number of amides is 7. The standard InChI is InChI=1S/C34H55N9O12/c1-3-18(2)28(43-27(48)15-38-29(49)21(36)6-4-5-13-35)33(53)42-25(17-45)32(52)41-24(16-44)31(51)39-22(11-12-26(37)47)30(50)40-23(34(54)55)14-19-7-9-20(46)10-8-19/h7-10,18,21-25,28,44-46H,3-6,11-17,35-36H2,1-2H3,(H2,37,47)(H,38,49)(H,39,51)(H,40,50)(H,41,52)(H,42,53)(H,43,48)(H,54,55)/t18-,21-,22-,23-,24-,25-,28-/m0/s1. The van der Waals surface area contributed by atoms with E-state index in [1.807, 2.05) is 0 Å². The first kappa shape index (κ1) is 47.6. The highest BCUT2D eigenvalue weighted by molar-refractivity contribution is 5.96. The fourth-order valence-electron chi connectivity index (χ4n) is 4.95. The van der Waals surface area contributed by atoms with Gasteiger partial charge in [0, 0.05) is 12.8 Å². The van der Waals surface area contributed by atoms with Crippen LogP contribution in [0.4, 0.5) is 0 Å². The molecule has 0 aromatic heterocycles. The summed E-state index contributed by atoms with van der Waals surface area (Å²) in [7, 11) is 0. The van der Waals surface area contributed by atoms with E-state index in [-0.39, 0.29) is 12.2 Å². The van der Waals surface area contributed by atoms with Crippen molar-refractivity contribution in [2.24, 2.45) is 23.1 Å². The van der Waals surface area contributed by atoms with Crippen LogP contribution in [-0.4, -0.2) is 130 Å². The van der Waals surface area contributed by atoms with Crippen molar-refractivity contribution in [3.63, 3.8) is 0 Å². The van der Waals surface area contributed by atoms with Crippen LogP contribution >= 0.6 is 0 Å². The van der Waals surface area contributed by atoms with E-state index in [4.69, 9.17) is 17.2 Å². The summed E-state index contributed by atoms with van der Waals surface area (Å²) in [5.41, 5.74) is 16.9. The molecule has 0 bridgehead atoms. The first-order valence-electron chi connectivity index (χ1n) is 17.7. The van der Waals surface area contributed by atoms with Gasteiger partial charge in [-0.3, -0.25) is 33.6 Å². The zero-order chi connectivity index (χ0) is 41.7. The molecule has 1 rings (SSSR count). The largest absolute Gasteiger partial charge is 0.508 e. The second kappa shape index (κ2) is 24.8. The minimum absolute atomic E-state index is 0.0682. The number of hydrogen-bond acceptors (Lipinski definition) is 13. The molecule has 0 aliphatic heterocycles. The first-order chi connectivity index (χ1) is 26.0. The summed E-state index contributed by atoms with van der Waals surface area (Å²) in [4.78, 5) is 101. The topological polar surface area (TPSA) is 368 Å². The Hall–Kier alpha value is -5.38. The molecule has 0 aliphatic rings.